The summed E-state index contributed by atoms with van der Waals surface area (Å²) in [6.07, 6.45) is 0. The lowest BCUT2D eigenvalue weighted by Gasteiger charge is -2.06. The molecule has 2 aromatic carbocycles. The third-order valence-corrected chi connectivity index (χ3v) is 3.59. The summed E-state index contributed by atoms with van der Waals surface area (Å²) in [4.78, 5) is 3.31. The molecule has 3 aromatic rings. The number of H-pyrrole nitrogens is 1. The molecule has 1 aliphatic rings. The summed E-state index contributed by atoms with van der Waals surface area (Å²) < 4.78 is 0. The Morgan fingerprint density at radius 1 is 0.714 bits per heavy atom. The zero-order valence-electron chi connectivity index (χ0n) is 11.2. The monoisotopic (exact) mass is 272 g/mol. The highest BCUT2D eigenvalue weighted by molar-refractivity contribution is 6.12. The fourth-order valence-corrected chi connectivity index (χ4v) is 2.66. The smallest absolute Gasteiger partial charge is 0.179 e. The molecule has 0 unspecified atom stereocenters. The van der Waals surface area contributed by atoms with Crippen molar-refractivity contribution in [2.45, 2.75) is 0 Å². The molecule has 0 saturated carbocycles. The van der Waals surface area contributed by atoms with Gasteiger partial charge in [0.05, 0.1) is 11.3 Å². The Balaban J connectivity index is 2.03. The summed E-state index contributed by atoms with van der Waals surface area (Å²) in [6, 6.07) is 20.2. The molecule has 4 rings (SSSR count). The number of hydrogen-bond donors (Lipinski definition) is 2. The molecule has 0 saturated heterocycles. The largest absolute Gasteiger partial charge is 0.337 e. The van der Waals surface area contributed by atoms with Crippen LogP contribution in [0.4, 0.5) is 5.82 Å². The third kappa shape index (κ3) is 1.80. The fourth-order valence-electron chi connectivity index (χ4n) is 2.66. The molecule has 4 heteroatoms. The molecule has 2 N–H and O–H groups in total. The minimum Gasteiger partial charge on any atom is -0.337 e. The number of nitrogens with one attached hydrogen (secondary N) is 2. The molecule has 2 heterocycles. The number of hydrogen-bond acceptors (Lipinski definition) is 2. The molecule has 100 valence electrons. The SMILES string of the molecule is N=C1N=Nc2[nH]c(-c3ccccc3)c(-c3ccccc3)c21. The Morgan fingerprint density at radius 3 is 2.00 bits per heavy atom. The van der Waals surface area contributed by atoms with E-state index in [4.69, 9.17) is 5.41 Å². The molecule has 4 nitrogen and oxygen atoms in total. The van der Waals surface area contributed by atoms with Crippen LogP contribution >= 0.6 is 0 Å². The number of benzene rings is 2. The minimum atomic E-state index is 0.210. The molecule has 0 spiro atoms. The van der Waals surface area contributed by atoms with Crippen LogP contribution in [-0.2, 0) is 0 Å². The lowest BCUT2D eigenvalue weighted by Crippen LogP contribution is -1.92. The predicted molar refractivity (Wildman–Crippen MR) is 83.0 cm³/mol. The standard InChI is InChI=1S/C17H12N4/c18-16-14-13(11-7-3-1-4-8-11)15(19-17(14)21-20-16)12-9-5-2-6-10-12/h1-10,18-19H. The first kappa shape index (κ1) is 11.8. The van der Waals surface area contributed by atoms with Gasteiger partial charge in [-0.1, -0.05) is 60.7 Å². The van der Waals surface area contributed by atoms with Crippen molar-refractivity contribution in [1.82, 2.24) is 4.98 Å². The molecule has 1 aromatic heterocycles. The summed E-state index contributed by atoms with van der Waals surface area (Å²) in [6.45, 7) is 0. The number of azo groups is 1. The van der Waals surface area contributed by atoms with E-state index in [2.05, 4.69) is 15.2 Å². The van der Waals surface area contributed by atoms with E-state index < -0.39 is 0 Å². The van der Waals surface area contributed by atoms with Gasteiger partial charge in [-0.05, 0) is 11.1 Å². The van der Waals surface area contributed by atoms with Gasteiger partial charge >= 0.3 is 0 Å². The first-order valence-electron chi connectivity index (χ1n) is 6.72. The van der Waals surface area contributed by atoms with Gasteiger partial charge in [-0.15, -0.1) is 10.2 Å². The van der Waals surface area contributed by atoms with Crippen LogP contribution in [0.15, 0.2) is 70.9 Å². The molecule has 0 amide bonds. The Kier molecular flexibility index (Phi) is 2.54. The summed E-state index contributed by atoms with van der Waals surface area (Å²) in [7, 11) is 0. The van der Waals surface area contributed by atoms with Gasteiger partial charge in [0.25, 0.3) is 0 Å². The van der Waals surface area contributed by atoms with E-state index >= 15 is 0 Å². The molecule has 0 radical (unpaired) electrons. The van der Waals surface area contributed by atoms with Crippen LogP contribution in [0.1, 0.15) is 5.56 Å². The summed E-state index contributed by atoms with van der Waals surface area (Å²) >= 11 is 0. The quantitative estimate of drug-likeness (QED) is 0.675. The Labute approximate surface area is 121 Å². The summed E-state index contributed by atoms with van der Waals surface area (Å²) in [5.74, 6) is 0.875. The molecular formula is C17H12N4. The predicted octanol–water partition coefficient (Wildman–Crippen LogP) is 4.77. The second kappa shape index (κ2) is 4.52. The lowest BCUT2D eigenvalue weighted by atomic mass is 9.97. The van der Waals surface area contributed by atoms with E-state index in [1.807, 2.05) is 60.7 Å². The van der Waals surface area contributed by atoms with Crippen LogP contribution in [0.2, 0.25) is 0 Å². The average Bonchev–Trinajstić information content (AvgIpc) is 3.09. The molecule has 0 atom stereocenters. The minimum absolute atomic E-state index is 0.210. The number of aromatic amines is 1. The van der Waals surface area contributed by atoms with E-state index in [-0.39, 0.29) is 5.84 Å². The van der Waals surface area contributed by atoms with Crippen molar-refractivity contribution in [1.29, 1.82) is 5.41 Å². The first-order valence-corrected chi connectivity index (χ1v) is 6.72. The van der Waals surface area contributed by atoms with Gasteiger partial charge in [0.1, 0.15) is 0 Å². The number of aromatic nitrogens is 1. The molecule has 0 aliphatic carbocycles. The van der Waals surface area contributed by atoms with E-state index in [0.717, 1.165) is 27.9 Å². The second-order valence-electron chi connectivity index (χ2n) is 4.88. The summed E-state index contributed by atoms with van der Waals surface area (Å²) in [5, 5.41) is 15.9. The van der Waals surface area contributed by atoms with Crippen LogP contribution in [0.3, 0.4) is 0 Å². The number of amidine groups is 1. The highest BCUT2D eigenvalue weighted by atomic mass is 15.2. The van der Waals surface area contributed by atoms with Crippen molar-refractivity contribution in [2.24, 2.45) is 10.2 Å². The van der Waals surface area contributed by atoms with Gasteiger partial charge in [-0.2, -0.15) is 0 Å². The van der Waals surface area contributed by atoms with Gasteiger partial charge < -0.3 is 4.98 Å². The van der Waals surface area contributed by atoms with Crippen molar-refractivity contribution in [3.05, 3.63) is 66.2 Å². The van der Waals surface area contributed by atoms with Crippen LogP contribution in [0, 0.1) is 5.41 Å². The van der Waals surface area contributed by atoms with Crippen LogP contribution in [0.25, 0.3) is 22.4 Å². The first-order chi connectivity index (χ1) is 10.3. The van der Waals surface area contributed by atoms with E-state index in [9.17, 15) is 0 Å². The van der Waals surface area contributed by atoms with Crippen molar-refractivity contribution in [2.75, 3.05) is 0 Å². The molecule has 0 fully saturated rings. The lowest BCUT2D eigenvalue weighted by molar-refractivity contribution is 1.24. The van der Waals surface area contributed by atoms with Crippen molar-refractivity contribution in [3.63, 3.8) is 0 Å². The maximum atomic E-state index is 8.02. The van der Waals surface area contributed by atoms with Gasteiger partial charge in [0, 0.05) is 5.56 Å². The number of rotatable bonds is 2. The van der Waals surface area contributed by atoms with E-state index in [1.54, 1.807) is 0 Å². The van der Waals surface area contributed by atoms with Gasteiger partial charge in [-0.25, -0.2) is 0 Å². The molecule has 0 bridgehead atoms. The zero-order valence-corrected chi connectivity index (χ0v) is 11.2. The van der Waals surface area contributed by atoms with Crippen LogP contribution in [-0.4, -0.2) is 10.8 Å². The topological polar surface area (TPSA) is 64.4 Å². The van der Waals surface area contributed by atoms with Gasteiger partial charge in [0.2, 0.25) is 0 Å². The van der Waals surface area contributed by atoms with Crippen molar-refractivity contribution < 1.29 is 0 Å². The Hall–Kier alpha value is -3.01. The van der Waals surface area contributed by atoms with Crippen LogP contribution in [0.5, 0.6) is 0 Å². The second-order valence-corrected chi connectivity index (χ2v) is 4.88. The molecule has 21 heavy (non-hydrogen) atoms. The Morgan fingerprint density at radius 2 is 1.33 bits per heavy atom. The highest BCUT2D eigenvalue weighted by Gasteiger charge is 2.26. The molecule has 1 aliphatic heterocycles. The highest BCUT2D eigenvalue weighted by Crippen LogP contribution is 2.42. The number of fused-ring (bicyclic) bond motifs is 1. The summed E-state index contributed by atoms with van der Waals surface area (Å²) in [5.41, 5.74) is 4.89. The zero-order chi connectivity index (χ0) is 14.2. The Bertz CT molecular complexity index is 845. The van der Waals surface area contributed by atoms with Crippen LogP contribution < -0.4 is 0 Å². The number of nitrogens with zero attached hydrogens (tertiary/aromatic N) is 2. The third-order valence-electron chi connectivity index (χ3n) is 3.59. The van der Waals surface area contributed by atoms with E-state index in [0.29, 0.717) is 5.82 Å². The maximum Gasteiger partial charge on any atom is 0.179 e. The van der Waals surface area contributed by atoms with E-state index in [1.165, 1.54) is 0 Å². The van der Waals surface area contributed by atoms with Gasteiger partial charge in [0.15, 0.2) is 11.7 Å². The molecular weight excluding hydrogens is 260 g/mol. The average molecular weight is 272 g/mol. The van der Waals surface area contributed by atoms with Gasteiger partial charge in [-0.3, -0.25) is 5.41 Å². The van der Waals surface area contributed by atoms with Crippen molar-refractivity contribution in [3.8, 4) is 22.4 Å². The maximum absolute atomic E-state index is 8.02. The normalized spacial score (nSPS) is 12.7. The van der Waals surface area contributed by atoms with Crippen molar-refractivity contribution >= 4 is 11.7 Å². The fraction of sp³-hybridized carbons (Fsp3) is 0.